The number of ether oxygens (including phenoxy) is 1. The van der Waals surface area contributed by atoms with Gasteiger partial charge >= 0.3 is 5.97 Å². The van der Waals surface area contributed by atoms with Gasteiger partial charge in [-0.05, 0) is 18.0 Å². The third-order valence-corrected chi connectivity index (χ3v) is 3.90. The van der Waals surface area contributed by atoms with E-state index >= 15 is 0 Å². The van der Waals surface area contributed by atoms with Crippen LogP contribution in [0, 0.1) is 0 Å². The molecule has 116 valence electrons. The van der Waals surface area contributed by atoms with E-state index in [1.165, 1.54) is 9.89 Å². The molecule has 1 aliphatic rings. The van der Waals surface area contributed by atoms with Gasteiger partial charge < -0.3 is 14.7 Å². The number of benzene rings is 1. The van der Waals surface area contributed by atoms with Crippen molar-refractivity contribution in [2.45, 2.75) is 12.5 Å². The molecule has 0 aromatic heterocycles. The molecule has 22 heavy (non-hydrogen) atoms. The summed E-state index contributed by atoms with van der Waals surface area (Å²) in [7, 11) is 0. The summed E-state index contributed by atoms with van der Waals surface area (Å²) < 4.78 is 4.94. The molecule has 1 aromatic rings. The standard InChI is InChI=1S/C16H16BrNO4/c1-3-9-18-13-8-6-5-7-11(13)16(21,15(18)20)12(10-17)14(19)22-4-2/h3,5-8,10,21H,1,4,9H2,2H3/b12-10+. The molecule has 1 aromatic carbocycles. The first-order valence-electron chi connectivity index (χ1n) is 6.75. The van der Waals surface area contributed by atoms with Crippen molar-refractivity contribution in [1.29, 1.82) is 0 Å². The lowest BCUT2D eigenvalue weighted by Gasteiger charge is -2.24. The Morgan fingerprint density at radius 1 is 1.50 bits per heavy atom. The van der Waals surface area contributed by atoms with Crippen LogP contribution in [0.2, 0.25) is 0 Å². The summed E-state index contributed by atoms with van der Waals surface area (Å²) in [4.78, 5) is 27.5. The molecule has 1 aliphatic heterocycles. The highest BCUT2D eigenvalue weighted by atomic mass is 79.9. The van der Waals surface area contributed by atoms with Crippen LogP contribution in [-0.2, 0) is 19.9 Å². The largest absolute Gasteiger partial charge is 0.463 e. The Morgan fingerprint density at radius 2 is 2.18 bits per heavy atom. The van der Waals surface area contributed by atoms with Gasteiger partial charge in [-0.2, -0.15) is 0 Å². The van der Waals surface area contributed by atoms with E-state index < -0.39 is 17.5 Å². The number of aliphatic hydroxyl groups is 1. The van der Waals surface area contributed by atoms with Crippen LogP contribution in [0.5, 0.6) is 0 Å². The second-order valence-corrected chi connectivity index (χ2v) is 5.13. The Morgan fingerprint density at radius 3 is 2.77 bits per heavy atom. The topological polar surface area (TPSA) is 66.8 Å². The Hall–Kier alpha value is -1.92. The maximum absolute atomic E-state index is 12.7. The maximum atomic E-state index is 12.7. The fourth-order valence-electron chi connectivity index (χ4n) is 2.49. The van der Waals surface area contributed by atoms with Crippen LogP contribution < -0.4 is 4.90 Å². The smallest absolute Gasteiger partial charge is 0.338 e. The molecule has 6 heteroatoms. The van der Waals surface area contributed by atoms with Gasteiger partial charge in [-0.1, -0.05) is 40.2 Å². The molecule has 1 atom stereocenters. The molecule has 0 saturated carbocycles. The number of rotatable bonds is 5. The van der Waals surface area contributed by atoms with Crippen LogP contribution in [0.1, 0.15) is 12.5 Å². The zero-order valence-corrected chi connectivity index (χ0v) is 13.7. The number of carbonyl (C=O) groups excluding carboxylic acids is 2. The monoisotopic (exact) mass is 365 g/mol. The average Bonchev–Trinajstić information content (AvgIpc) is 2.72. The van der Waals surface area contributed by atoms with E-state index in [1.54, 1.807) is 37.3 Å². The number of carbonyl (C=O) groups is 2. The van der Waals surface area contributed by atoms with Gasteiger partial charge in [0.2, 0.25) is 5.60 Å². The van der Waals surface area contributed by atoms with Gasteiger partial charge in [-0.3, -0.25) is 4.79 Å². The van der Waals surface area contributed by atoms with Gasteiger partial charge in [0, 0.05) is 12.1 Å². The summed E-state index contributed by atoms with van der Waals surface area (Å²) in [6.07, 6.45) is 1.56. The Labute approximate surface area is 137 Å². The van der Waals surface area contributed by atoms with Gasteiger partial charge in [0.25, 0.3) is 5.91 Å². The lowest BCUT2D eigenvalue weighted by molar-refractivity contribution is -0.145. The summed E-state index contributed by atoms with van der Waals surface area (Å²) in [6, 6.07) is 6.79. The van der Waals surface area contributed by atoms with Crippen molar-refractivity contribution < 1.29 is 19.4 Å². The number of hydrogen-bond donors (Lipinski definition) is 1. The molecule has 0 aliphatic carbocycles. The quantitative estimate of drug-likeness (QED) is 0.493. The van der Waals surface area contributed by atoms with Crippen molar-refractivity contribution in [3.63, 3.8) is 0 Å². The van der Waals surface area contributed by atoms with Crippen LogP contribution in [0.4, 0.5) is 5.69 Å². The highest BCUT2D eigenvalue weighted by Gasteiger charge is 2.54. The molecule has 1 amide bonds. The molecule has 5 nitrogen and oxygen atoms in total. The molecule has 1 N–H and O–H groups in total. The molecule has 1 unspecified atom stereocenters. The van der Waals surface area contributed by atoms with Gasteiger partial charge in [0.05, 0.1) is 17.9 Å². The maximum Gasteiger partial charge on any atom is 0.338 e. The lowest BCUT2D eigenvalue weighted by Crippen LogP contribution is -2.44. The van der Waals surface area contributed by atoms with Crippen molar-refractivity contribution in [1.82, 2.24) is 0 Å². The third-order valence-electron chi connectivity index (χ3n) is 3.45. The molecular weight excluding hydrogens is 350 g/mol. The zero-order valence-electron chi connectivity index (χ0n) is 12.1. The molecule has 0 fully saturated rings. The molecule has 0 bridgehead atoms. The van der Waals surface area contributed by atoms with Gasteiger partial charge in [-0.15, -0.1) is 6.58 Å². The fourth-order valence-corrected chi connectivity index (χ4v) is 3.00. The zero-order chi connectivity index (χ0) is 16.3. The molecule has 0 radical (unpaired) electrons. The summed E-state index contributed by atoms with van der Waals surface area (Å²) in [5, 5.41) is 11.0. The predicted octanol–water partition coefficient (Wildman–Crippen LogP) is 2.25. The van der Waals surface area contributed by atoms with Crippen LogP contribution in [0.3, 0.4) is 0 Å². The second-order valence-electron chi connectivity index (χ2n) is 4.68. The summed E-state index contributed by atoms with van der Waals surface area (Å²) >= 11 is 3.06. The van der Waals surface area contributed by atoms with E-state index in [-0.39, 0.29) is 18.7 Å². The van der Waals surface area contributed by atoms with Crippen molar-refractivity contribution in [3.8, 4) is 0 Å². The number of esters is 1. The second kappa shape index (κ2) is 6.46. The van der Waals surface area contributed by atoms with E-state index in [4.69, 9.17) is 4.74 Å². The molecule has 0 spiro atoms. The van der Waals surface area contributed by atoms with Crippen LogP contribution in [-0.4, -0.2) is 30.1 Å². The van der Waals surface area contributed by atoms with Crippen molar-refractivity contribution >= 4 is 33.5 Å². The van der Waals surface area contributed by atoms with E-state index in [9.17, 15) is 14.7 Å². The van der Waals surface area contributed by atoms with E-state index in [0.29, 0.717) is 11.3 Å². The lowest BCUT2D eigenvalue weighted by atomic mass is 9.88. The van der Waals surface area contributed by atoms with E-state index in [1.807, 2.05) is 0 Å². The Bertz CT molecular complexity index is 655. The molecular formula is C16H16BrNO4. The molecule has 0 saturated heterocycles. The summed E-state index contributed by atoms with van der Waals surface area (Å²) in [6.45, 7) is 5.65. The number of hydrogen-bond acceptors (Lipinski definition) is 4. The van der Waals surface area contributed by atoms with Crippen LogP contribution >= 0.6 is 15.9 Å². The number of para-hydroxylation sites is 1. The SMILES string of the molecule is C=CCN1C(=O)C(O)(/C(=C/Br)C(=O)OCC)c2ccccc21. The minimum Gasteiger partial charge on any atom is -0.463 e. The van der Waals surface area contributed by atoms with Gasteiger partial charge in [0.1, 0.15) is 0 Å². The Kier molecular flexibility index (Phi) is 4.83. The minimum absolute atomic E-state index is 0.144. The van der Waals surface area contributed by atoms with E-state index in [0.717, 1.165) is 0 Å². The Balaban J connectivity index is 2.60. The summed E-state index contributed by atoms with van der Waals surface area (Å²) in [5.41, 5.74) is -1.33. The van der Waals surface area contributed by atoms with Crippen molar-refractivity contribution in [2.24, 2.45) is 0 Å². The fraction of sp³-hybridized carbons (Fsp3) is 0.250. The minimum atomic E-state index is -2.07. The number of anilines is 1. The van der Waals surface area contributed by atoms with Gasteiger partial charge in [0.15, 0.2) is 0 Å². The van der Waals surface area contributed by atoms with E-state index in [2.05, 4.69) is 22.5 Å². The first kappa shape index (κ1) is 16.5. The van der Waals surface area contributed by atoms with Crippen molar-refractivity contribution in [3.05, 3.63) is 53.0 Å². The number of fused-ring (bicyclic) bond motifs is 1. The number of halogens is 1. The predicted molar refractivity (Wildman–Crippen MR) is 86.5 cm³/mol. The molecule has 1 heterocycles. The first-order chi connectivity index (χ1) is 10.5. The average molecular weight is 366 g/mol. The van der Waals surface area contributed by atoms with Crippen LogP contribution in [0.25, 0.3) is 0 Å². The van der Waals surface area contributed by atoms with Crippen molar-refractivity contribution in [2.75, 3.05) is 18.1 Å². The normalized spacial score (nSPS) is 20.8. The highest BCUT2D eigenvalue weighted by Crippen LogP contribution is 2.45. The summed E-state index contributed by atoms with van der Waals surface area (Å²) in [5.74, 6) is -1.35. The number of nitrogens with zero attached hydrogens (tertiary/aromatic N) is 1. The highest BCUT2D eigenvalue weighted by molar-refractivity contribution is 9.11. The van der Waals surface area contributed by atoms with Crippen LogP contribution in [0.15, 0.2) is 47.5 Å². The molecule has 2 rings (SSSR count). The number of amides is 1. The third kappa shape index (κ3) is 2.38. The van der Waals surface area contributed by atoms with Gasteiger partial charge in [-0.25, -0.2) is 4.79 Å². The first-order valence-corrected chi connectivity index (χ1v) is 7.66.